The predicted molar refractivity (Wildman–Crippen MR) is 75.4 cm³/mol. The first-order chi connectivity index (χ1) is 10.3. The van der Waals surface area contributed by atoms with E-state index in [2.05, 4.69) is 10.1 Å². The smallest absolute Gasteiger partial charge is 0.256 e. The average Bonchev–Trinajstić information content (AvgIpc) is 3.24. The minimum absolute atomic E-state index is 0.0834. The van der Waals surface area contributed by atoms with Crippen LogP contribution >= 0.6 is 0 Å². The van der Waals surface area contributed by atoms with Gasteiger partial charge in [0.25, 0.3) is 5.89 Å². The van der Waals surface area contributed by atoms with Crippen molar-refractivity contribution in [1.29, 1.82) is 0 Å². The lowest BCUT2D eigenvalue weighted by Crippen LogP contribution is -2.18. The fourth-order valence-corrected chi connectivity index (χ4v) is 2.69. The van der Waals surface area contributed by atoms with E-state index < -0.39 is 0 Å². The van der Waals surface area contributed by atoms with Gasteiger partial charge in [-0.3, -0.25) is 0 Å². The van der Waals surface area contributed by atoms with Crippen LogP contribution in [-0.4, -0.2) is 22.8 Å². The maximum absolute atomic E-state index is 5.77. The minimum atomic E-state index is -0.155. The molecule has 1 saturated heterocycles. The monoisotopic (exact) mass is 285 g/mol. The number of rotatable bonds is 3. The van der Waals surface area contributed by atoms with Gasteiger partial charge in [-0.1, -0.05) is 23.4 Å². The maximum atomic E-state index is 5.77. The van der Waals surface area contributed by atoms with Crippen LogP contribution in [0.3, 0.4) is 0 Å². The van der Waals surface area contributed by atoms with Crippen LogP contribution in [0.25, 0.3) is 22.4 Å². The Morgan fingerprint density at radius 3 is 3.00 bits per heavy atom. The van der Waals surface area contributed by atoms with E-state index in [1.807, 2.05) is 24.3 Å². The number of fused-ring (bicyclic) bond motifs is 1. The molecule has 3 heterocycles. The number of ether oxygens (including phenoxy) is 1. The number of furan rings is 1. The largest absolute Gasteiger partial charge is 0.464 e. The number of nitrogens with zero attached hydrogens (tertiary/aromatic N) is 2. The summed E-state index contributed by atoms with van der Waals surface area (Å²) in [5.74, 6) is 1.03. The molecule has 4 rings (SSSR count). The molecule has 2 aromatic heterocycles. The number of para-hydroxylation sites is 1. The van der Waals surface area contributed by atoms with Gasteiger partial charge in [0.05, 0.1) is 11.7 Å². The molecule has 1 aliphatic heterocycles. The molecule has 0 aliphatic carbocycles. The molecule has 6 heteroatoms. The summed E-state index contributed by atoms with van der Waals surface area (Å²) >= 11 is 0. The van der Waals surface area contributed by atoms with E-state index in [1.54, 1.807) is 6.26 Å². The molecule has 1 aromatic carbocycles. The molecule has 21 heavy (non-hydrogen) atoms. The average molecular weight is 285 g/mol. The normalized spacial score (nSPS) is 22.1. The molecular formula is C15H15N3O3. The molecule has 6 nitrogen and oxygen atoms in total. The van der Waals surface area contributed by atoms with Crippen molar-refractivity contribution in [2.45, 2.75) is 25.0 Å². The number of hydrogen-bond acceptors (Lipinski definition) is 6. The van der Waals surface area contributed by atoms with E-state index >= 15 is 0 Å². The second-order valence-corrected chi connectivity index (χ2v) is 5.16. The lowest BCUT2D eigenvalue weighted by atomic mass is 10.1. The van der Waals surface area contributed by atoms with Crippen LogP contribution < -0.4 is 5.73 Å². The molecule has 0 spiro atoms. The summed E-state index contributed by atoms with van der Waals surface area (Å²) in [6, 6.07) is 7.76. The van der Waals surface area contributed by atoms with Gasteiger partial charge in [-0.25, -0.2) is 0 Å². The molecule has 2 unspecified atom stereocenters. The fourth-order valence-electron chi connectivity index (χ4n) is 2.69. The topological polar surface area (TPSA) is 87.3 Å². The van der Waals surface area contributed by atoms with Crippen LogP contribution in [-0.2, 0) is 4.74 Å². The van der Waals surface area contributed by atoms with Crippen molar-refractivity contribution >= 4 is 11.0 Å². The summed E-state index contributed by atoms with van der Waals surface area (Å²) in [6.45, 7) is 0.518. The van der Waals surface area contributed by atoms with Gasteiger partial charge >= 0.3 is 0 Å². The molecule has 0 amide bonds. The maximum Gasteiger partial charge on any atom is 0.256 e. The molecule has 2 atom stereocenters. The number of benzene rings is 1. The molecule has 3 aromatic rings. The highest BCUT2D eigenvalue weighted by atomic mass is 16.5. The number of aromatic nitrogens is 2. The Labute approximate surface area is 120 Å². The zero-order chi connectivity index (χ0) is 14.2. The molecule has 108 valence electrons. The van der Waals surface area contributed by atoms with Gasteiger partial charge in [-0.15, -0.1) is 0 Å². The first-order valence-electron chi connectivity index (χ1n) is 7.01. The Morgan fingerprint density at radius 2 is 2.14 bits per heavy atom. The Bertz CT molecular complexity index is 764. The quantitative estimate of drug-likeness (QED) is 0.796. The van der Waals surface area contributed by atoms with Crippen LogP contribution in [0.4, 0.5) is 0 Å². The van der Waals surface area contributed by atoms with Gasteiger partial charge in [0.2, 0.25) is 5.82 Å². The van der Waals surface area contributed by atoms with Crippen LogP contribution in [0.5, 0.6) is 0 Å². The Balaban J connectivity index is 1.65. The predicted octanol–water partition coefficient (Wildman–Crippen LogP) is 2.66. The zero-order valence-electron chi connectivity index (χ0n) is 11.4. The van der Waals surface area contributed by atoms with E-state index in [-0.39, 0.29) is 12.2 Å². The van der Waals surface area contributed by atoms with Gasteiger partial charge in [-0.2, -0.15) is 4.98 Å². The SMILES string of the molecule is NCC1CCC(c2nc(-c3coc4ccccc34)no2)O1. The van der Waals surface area contributed by atoms with Crippen LogP contribution in [0.15, 0.2) is 39.5 Å². The highest BCUT2D eigenvalue weighted by Crippen LogP contribution is 2.34. The molecule has 0 saturated carbocycles. The van der Waals surface area contributed by atoms with Crippen LogP contribution in [0, 0.1) is 0 Å². The molecule has 1 fully saturated rings. The number of nitrogens with two attached hydrogens (primary N) is 1. The first-order valence-corrected chi connectivity index (χ1v) is 7.01. The highest BCUT2D eigenvalue weighted by molar-refractivity contribution is 5.91. The second kappa shape index (κ2) is 4.98. The summed E-state index contributed by atoms with van der Waals surface area (Å²) in [6.07, 6.45) is 3.36. The lowest BCUT2D eigenvalue weighted by Gasteiger charge is -2.07. The Kier molecular flexibility index (Phi) is 2.98. The molecular weight excluding hydrogens is 270 g/mol. The molecule has 2 N–H and O–H groups in total. The van der Waals surface area contributed by atoms with Gasteiger partial charge < -0.3 is 19.4 Å². The minimum Gasteiger partial charge on any atom is -0.464 e. The Hall–Kier alpha value is -2.18. The van der Waals surface area contributed by atoms with Crippen molar-refractivity contribution in [3.05, 3.63) is 36.4 Å². The van der Waals surface area contributed by atoms with Crippen LogP contribution in [0.1, 0.15) is 24.8 Å². The van der Waals surface area contributed by atoms with Crippen molar-refractivity contribution in [2.75, 3.05) is 6.54 Å². The summed E-state index contributed by atoms with van der Waals surface area (Å²) in [4.78, 5) is 4.45. The summed E-state index contributed by atoms with van der Waals surface area (Å²) < 4.78 is 16.6. The first kappa shape index (κ1) is 12.6. The van der Waals surface area contributed by atoms with Crippen molar-refractivity contribution in [3.8, 4) is 11.4 Å². The summed E-state index contributed by atoms with van der Waals surface area (Å²) in [7, 11) is 0. The molecule has 0 bridgehead atoms. The van der Waals surface area contributed by atoms with Gasteiger partial charge in [0, 0.05) is 11.9 Å². The summed E-state index contributed by atoms with van der Waals surface area (Å²) in [5.41, 5.74) is 7.25. The standard InChI is InChI=1S/C15H15N3O3/c16-7-9-5-6-13(20-9)15-17-14(18-21-15)11-8-19-12-4-2-1-3-10(11)12/h1-4,8-9,13H,5-7,16H2. The van der Waals surface area contributed by atoms with Crippen molar-refractivity contribution in [2.24, 2.45) is 5.73 Å². The third kappa shape index (κ3) is 2.12. The van der Waals surface area contributed by atoms with E-state index in [0.29, 0.717) is 18.3 Å². The summed E-state index contributed by atoms with van der Waals surface area (Å²) in [5, 5.41) is 5.02. The third-order valence-corrected chi connectivity index (χ3v) is 3.81. The van der Waals surface area contributed by atoms with Crippen LogP contribution in [0.2, 0.25) is 0 Å². The molecule has 1 aliphatic rings. The number of hydrogen-bond donors (Lipinski definition) is 1. The third-order valence-electron chi connectivity index (χ3n) is 3.81. The second-order valence-electron chi connectivity index (χ2n) is 5.16. The van der Waals surface area contributed by atoms with Crippen molar-refractivity contribution in [1.82, 2.24) is 10.1 Å². The van der Waals surface area contributed by atoms with Gasteiger partial charge in [-0.05, 0) is 18.9 Å². The van der Waals surface area contributed by atoms with E-state index in [0.717, 1.165) is 29.4 Å². The Morgan fingerprint density at radius 1 is 1.24 bits per heavy atom. The van der Waals surface area contributed by atoms with E-state index in [9.17, 15) is 0 Å². The fraction of sp³-hybridized carbons (Fsp3) is 0.333. The lowest BCUT2D eigenvalue weighted by molar-refractivity contribution is 0.0307. The highest BCUT2D eigenvalue weighted by Gasteiger charge is 2.30. The van der Waals surface area contributed by atoms with Crippen molar-refractivity contribution in [3.63, 3.8) is 0 Å². The van der Waals surface area contributed by atoms with Gasteiger partial charge in [0.15, 0.2) is 0 Å². The zero-order valence-corrected chi connectivity index (χ0v) is 11.4. The van der Waals surface area contributed by atoms with Crippen molar-refractivity contribution < 1.29 is 13.7 Å². The van der Waals surface area contributed by atoms with E-state index in [4.69, 9.17) is 19.4 Å². The van der Waals surface area contributed by atoms with Gasteiger partial charge in [0.1, 0.15) is 18.0 Å². The molecule has 0 radical (unpaired) electrons. The van der Waals surface area contributed by atoms with E-state index in [1.165, 1.54) is 0 Å².